The molecule has 0 saturated heterocycles. The van der Waals surface area contributed by atoms with E-state index in [0.29, 0.717) is 0 Å². The van der Waals surface area contributed by atoms with Crippen LogP contribution in [0.5, 0.6) is 0 Å². The molecule has 0 atom stereocenters. The van der Waals surface area contributed by atoms with Crippen molar-refractivity contribution in [2.24, 2.45) is 0 Å². The van der Waals surface area contributed by atoms with Crippen LogP contribution in [0.2, 0.25) is 0 Å². The van der Waals surface area contributed by atoms with E-state index in [0.717, 1.165) is 0 Å². The first-order valence-electron chi connectivity index (χ1n) is 10.0. The molecule has 29 heavy (non-hydrogen) atoms. The number of benzene rings is 5. The van der Waals surface area contributed by atoms with Gasteiger partial charge in [0, 0.05) is 0 Å². The molecule has 0 N–H and O–H groups in total. The minimum absolute atomic E-state index is 1.21. The third-order valence-corrected chi connectivity index (χ3v) is 5.64. The minimum atomic E-state index is 1.21. The fourth-order valence-corrected chi connectivity index (χ4v) is 4.21. The van der Waals surface area contributed by atoms with Crippen molar-refractivity contribution in [3.05, 3.63) is 120 Å². The monoisotopic (exact) mass is 370 g/mol. The molecule has 0 aliphatic carbocycles. The molecule has 0 radical (unpaired) electrons. The van der Waals surface area contributed by atoms with Crippen molar-refractivity contribution in [3.8, 4) is 11.1 Å². The first kappa shape index (κ1) is 17.5. The third-order valence-electron chi connectivity index (χ3n) is 5.64. The maximum absolute atomic E-state index is 2.29. The molecule has 0 heteroatoms. The van der Waals surface area contributed by atoms with Crippen LogP contribution in [-0.2, 0) is 0 Å². The Hall–Kier alpha value is -3.64. The lowest BCUT2D eigenvalue weighted by atomic mass is 9.88. The van der Waals surface area contributed by atoms with Crippen LogP contribution in [0.25, 0.3) is 44.8 Å². The van der Waals surface area contributed by atoms with E-state index in [1.807, 2.05) is 6.07 Å². The van der Waals surface area contributed by atoms with Gasteiger partial charge in [-0.1, -0.05) is 109 Å². The number of fused-ring (bicyclic) bond motifs is 2. The SMILES string of the molecule is Cc1c2ccccc2c(-c2cccc(/C=C/c3ccccc3)c2)c2ccccc12. The Balaban J connectivity index is 1.72. The summed E-state index contributed by atoms with van der Waals surface area (Å²) >= 11 is 0. The zero-order chi connectivity index (χ0) is 19.6. The molecule has 0 aromatic heterocycles. The minimum Gasteiger partial charge on any atom is -0.0622 e. The highest BCUT2D eigenvalue weighted by molar-refractivity contribution is 6.14. The molecule has 0 aliphatic rings. The summed E-state index contributed by atoms with van der Waals surface area (Å²) in [5.74, 6) is 0. The summed E-state index contributed by atoms with van der Waals surface area (Å²) in [4.78, 5) is 0. The van der Waals surface area contributed by atoms with E-state index in [1.165, 1.54) is 49.4 Å². The second kappa shape index (κ2) is 7.41. The fourth-order valence-electron chi connectivity index (χ4n) is 4.21. The van der Waals surface area contributed by atoms with Gasteiger partial charge >= 0.3 is 0 Å². The summed E-state index contributed by atoms with van der Waals surface area (Å²) in [7, 11) is 0. The van der Waals surface area contributed by atoms with Crippen molar-refractivity contribution < 1.29 is 0 Å². The molecule has 0 nitrogen and oxygen atoms in total. The van der Waals surface area contributed by atoms with Crippen LogP contribution >= 0.6 is 0 Å². The highest BCUT2D eigenvalue weighted by Crippen LogP contribution is 2.39. The van der Waals surface area contributed by atoms with Gasteiger partial charge < -0.3 is 0 Å². The molecule has 0 bridgehead atoms. The predicted molar refractivity (Wildman–Crippen MR) is 127 cm³/mol. The van der Waals surface area contributed by atoms with E-state index in [2.05, 4.69) is 116 Å². The van der Waals surface area contributed by atoms with Crippen molar-refractivity contribution in [1.82, 2.24) is 0 Å². The lowest BCUT2D eigenvalue weighted by Crippen LogP contribution is -1.89. The molecular formula is C29H22. The Morgan fingerprint density at radius 1 is 0.483 bits per heavy atom. The molecule has 0 saturated carbocycles. The first-order valence-corrected chi connectivity index (χ1v) is 10.0. The van der Waals surface area contributed by atoms with E-state index >= 15 is 0 Å². The van der Waals surface area contributed by atoms with Crippen LogP contribution in [0.4, 0.5) is 0 Å². The Morgan fingerprint density at radius 3 is 1.66 bits per heavy atom. The quantitative estimate of drug-likeness (QED) is 0.222. The topological polar surface area (TPSA) is 0 Å². The Kier molecular flexibility index (Phi) is 4.46. The highest BCUT2D eigenvalue weighted by Gasteiger charge is 2.12. The Labute approximate surface area is 171 Å². The summed E-state index contributed by atoms with van der Waals surface area (Å²) in [6, 6.07) is 36.8. The first-order chi connectivity index (χ1) is 14.3. The largest absolute Gasteiger partial charge is 0.0622 e. The van der Waals surface area contributed by atoms with Gasteiger partial charge in [-0.2, -0.15) is 0 Å². The molecule has 0 unspecified atom stereocenters. The molecule has 138 valence electrons. The van der Waals surface area contributed by atoms with Gasteiger partial charge in [-0.05, 0) is 62.4 Å². The molecular weight excluding hydrogens is 348 g/mol. The van der Waals surface area contributed by atoms with Gasteiger partial charge in [0.2, 0.25) is 0 Å². The molecule has 0 fully saturated rings. The fraction of sp³-hybridized carbons (Fsp3) is 0.0345. The lowest BCUT2D eigenvalue weighted by Gasteiger charge is -2.15. The van der Waals surface area contributed by atoms with Gasteiger partial charge in [0.25, 0.3) is 0 Å². The van der Waals surface area contributed by atoms with Crippen molar-refractivity contribution >= 4 is 33.7 Å². The summed E-state index contributed by atoms with van der Waals surface area (Å²) in [5.41, 5.74) is 6.34. The Bertz CT molecular complexity index is 1280. The van der Waals surface area contributed by atoms with E-state index in [4.69, 9.17) is 0 Å². The van der Waals surface area contributed by atoms with Crippen LogP contribution in [0, 0.1) is 6.92 Å². The van der Waals surface area contributed by atoms with Crippen LogP contribution in [0.1, 0.15) is 16.7 Å². The third kappa shape index (κ3) is 3.23. The van der Waals surface area contributed by atoms with E-state index in [9.17, 15) is 0 Å². The maximum Gasteiger partial charge on any atom is -0.00264 e. The summed E-state index contributed by atoms with van der Waals surface area (Å²) in [5, 5.41) is 5.28. The van der Waals surface area contributed by atoms with Gasteiger partial charge in [-0.25, -0.2) is 0 Å². The standard InChI is InChI=1S/C29H22/c1-21-25-14-5-7-16-27(25)29(28-17-8-6-15-26(21)28)24-13-9-12-23(20-24)19-18-22-10-3-2-4-11-22/h2-20H,1H3/b19-18+. The van der Waals surface area contributed by atoms with Gasteiger partial charge in [0.05, 0.1) is 0 Å². The van der Waals surface area contributed by atoms with E-state index < -0.39 is 0 Å². The molecule has 0 heterocycles. The molecule has 5 aromatic rings. The smallest absolute Gasteiger partial charge is 0.00264 e. The van der Waals surface area contributed by atoms with Gasteiger partial charge in [0.1, 0.15) is 0 Å². The summed E-state index contributed by atoms with van der Waals surface area (Å²) in [6.07, 6.45) is 4.36. The molecule has 0 amide bonds. The van der Waals surface area contributed by atoms with Crippen LogP contribution in [-0.4, -0.2) is 0 Å². The summed E-state index contributed by atoms with van der Waals surface area (Å²) < 4.78 is 0. The van der Waals surface area contributed by atoms with E-state index in [1.54, 1.807) is 0 Å². The van der Waals surface area contributed by atoms with Gasteiger partial charge in [-0.3, -0.25) is 0 Å². The number of rotatable bonds is 3. The summed E-state index contributed by atoms with van der Waals surface area (Å²) in [6.45, 7) is 2.23. The predicted octanol–water partition coefficient (Wildman–Crippen LogP) is 8.14. The molecule has 0 aliphatic heterocycles. The molecule has 5 aromatic carbocycles. The second-order valence-electron chi connectivity index (χ2n) is 7.46. The van der Waals surface area contributed by atoms with E-state index in [-0.39, 0.29) is 0 Å². The normalized spacial score (nSPS) is 11.5. The average molecular weight is 370 g/mol. The average Bonchev–Trinajstić information content (AvgIpc) is 2.79. The van der Waals surface area contributed by atoms with Crippen molar-refractivity contribution in [1.29, 1.82) is 0 Å². The lowest BCUT2D eigenvalue weighted by molar-refractivity contribution is 1.57. The zero-order valence-corrected chi connectivity index (χ0v) is 16.5. The van der Waals surface area contributed by atoms with Gasteiger partial charge in [0.15, 0.2) is 0 Å². The number of hydrogen-bond donors (Lipinski definition) is 0. The number of hydrogen-bond acceptors (Lipinski definition) is 0. The maximum atomic E-state index is 2.29. The highest BCUT2D eigenvalue weighted by atomic mass is 14.2. The van der Waals surface area contributed by atoms with Crippen molar-refractivity contribution in [3.63, 3.8) is 0 Å². The van der Waals surface area contributed by atoms with Crippen LogP contribution < -0.4 is 0 Å². The molecule has 5 rings (SSSR count). The van der Waals surface area contributed by atoms with Crippen LogP contribution in [0.15, 0.2) is 103 Å². The zero-order valence-electron chi connectivity index (χ0n) is 16.5. The molecule has 0 spiro atoms. The van der Waals surface area contributed by atoms with Crippen molar-refractivity contribution in [2.45, 2.75) is 6.92 Å². The van der Waals surface area contributed by atoms with Gasteiger partial charge in [-0.15, -0.1) is 0 Å². The Morgan fingerprint density at radius 2 is 1.00 bits per heavy atom. The van der Waals surface area contributed by atoms with Crippen molar-refractivity contribution in [2.75, 3.05) is 0 Å². The second-order valence-corrected chi connectivity index (χ2v) is 7.46. The van der Waals surface area contributed by atoms with Crippen LogP contribution in [0.3, 0.4) is 0 Å². The number of aryl methyl sites for hydroxylation is 1.